The van der Waals surface area contributed by atoms with Crippen molar-refractivity contribution >= 4 is 102 Å². The van der Waals surface area contributed by atoms with Crippen molar-refractivity contribution < 1.29 is 4.74 Å². The first-order chi connectivity index (χ1) is 35.5. The first-order valence-corrected chi connectivity index (χ1v) is 25.7. The average molecular weight is 936 g/mol. The molecule has 2 nitrogen and oxygen atoms in total. The van der Waals surface area contributed by atoms with E-state index in [1.807, 2.05) is 11.3 Å². The molecule has 0 unspecified atom stereocenters. The quantitative estimate of drug-likeness (QED) is 0.175. The van der Waals surface area contributed by atoms with Gasteiger partial charge in [0, 0.05) is 59.2 Å². The Bertz CT molecular complexity index is 4540. The smallest absolute Gasteiger partial charge is 0.135 e. The summed E-state index contributed by atoms with van der Waals surface area (Å²) >= 11 is 1.90. The van der Waals surface area contributed by atoms with Crippen molar-refractivity contribution in [3.8, 4) is 44.9 Å². The van der Waals surface area contributed by atoms with Crippen LogP contribution in [0.15, 0.2) is 237 Å². The number of anilines is 3. The lowest BCUT2D eigenvalue weighted by Crippen LogP contribution is -2.16. The minimum Gasteiger partial charge on any atom is -0.456 e. The Morgan fingerprint density at radius 2 is 0.764 bits per heavy atom. The number of para-hydroxylation sites is 2. The predicted octanol–water partition coefficient (Wildman–Crippen LogP) is 20.2. The molecule has 0 saturated carbocycles. The van der Waals surface area contributed by atoms with E-state index in [1.54, 1.807) is 0 Å². The number of benzene rings is 11. The van der Waals surface area contributed by atoms with Gasteiger partial charge < -0.3 is 9.64 Å². The first kappa shape index (κ1) is 41.1. The molecule has 0 fully saturated rings. The van der Waals surface area contributed by atoms with E-state index in [-0.39, 0.29) is 5.41 Å². The predicted molar refractivity (Wildman–Crippen MR) is 308 cm³/mol. The molecule has 72 heavy (non-hydrogen) atoms. The van der Waals surface area contributed by atoms with Crippen molar-refractivity contribution in [1.29, 1.82) is 0 Å². The molecule has 0 bridgehead atoms. The molecule has 338 valence electrons. The van der Waals surface area contributed by atoms with Gasteiger partial charge in [-0.1, -0.05) is 196 Å². The lowest BCUT2D eigenvalue weighted by molar-refractivity contribution is 0.488. The Hall–Kier alpha value is -8.76. The molecule has 2 heterocycles. The maximum absolute atomic E-state index is 6.71. The third kappa shape index (κ3) is 6.01. The topological polar surface area (TPSA) is 12.5 Å². The van der Waals surface area contributed by atoms with Crippen molar-refractivity contribution in [2.24, 2.45) is 0 Å². The zero-order valence-electron chi connectivity index (χ0n) is 39.8. The van der Waals surface area contributed by atoms with E-state index in [0.717, 1.165) is 50.8 Å². The first-order valence-electron chi connectivity index (χ1n) is 24.9. The van der Waals surface area contributed by atoms with Crippen molar-refractivity contribution in [2.75, 3.05) is 4.90 Å². The summed E-state index contributed by atoms with van der Waals surface area (Å²) < 4.78 is 9.30. The lowest BCUT2D eigenvalue weighted by Gasteiger charge is -2.29. The molecule has 3 heteroatoms. The Kier molecular flexibility index (Phi) is 8.91. The highest BCUT2D eigenvalue weighted by Crippen LogP contribution is 2.53. The number of hydrogen-bond acceptors (Lipinski definition) is 3. The number of thiophene rings is 1. The van der Waals surface area contributed by atoms with Gasteiger partial charge >= 0.3 is 0 Å². The highest BCUT2D eigenvalue weighted by Gasteiger charge is 2.36. The fourth-order valence-corrected chi connectivity index (χ4v) is 13.6. The molecule has 13 aromatic rings. The number of ether oxygens (including phenoxy) is 1. The van der Waals surface area contributed by atoms with E-state index in [4.69, 9.17) is 4.74 Å². The van der Waals surface area contributed by atoms with Crippen LogP contribution in [0.5, 0.6) is 11.5 Å². The Morgan fingerprint density at radius 1 is 0.319 bits per heavy atom. The summed E-state index contributed by atoms with van der Waals surface area (Å²) in [6, 6.07) is 87.9. The van der Waals surface area contributed by atoms with Crippen molar-refractivity contribution in [2.45, 2.75) is 19.3 Å². The largest absolute Gasteiger partial charge is 0.456 e. The number of hydrogen-bond donors (Lipinski definition) is 0. The molecule has 2 aliphatic rings. The van der Waals surface area contributed by atoms with Gasteiger partial charge in [-0.05, 0) is 136 Å². The van der Waals surface area contributed by atoms with Crippen molar-refractivity contribution in [3.05, 3.63) is 248 Å². The second-order valence-electron chi connectivity index (χ2n) is 19.9. The van der Waals surface area contributed by atoms with Gasteiger partial charge in [-0.15, -0.1) is 11.3 Å². The monoisotopic (exact) mass is 935 g/mol. The number of rotatable bonds is 3. The summed E-state index contributed by atoms with van der Waals surface area (Å²) in [4.78, 5) is 2.49. The summed E-state index contributed by atoms with van der Waals surface area (Å²) in [6.45, 7) is 4.75. The van der Waals surface area contributed by atoms with Crippen LogP contribution in [-0.2, 0) is 5.41 Å². The molecule has 1 aromatic heterocycles. The van der Waals surface area contributed by atoms with Crippen LogP contribution in [0.25, 0.3) is 107 Å². The Morgan fingerprint density at radius 3 is 1.46 bits per heavy atom. The average Bonchev–Trinajstić information content (AvgIpc) is 3.87. The normalized spacial score (nSPS) is 13.1. The van der Waals surface area contributed by atoms with E-state index >= 15 is 0 Å². The van der Waals surface area contributed by atoms with Gasteiger partial charge in [-0.3, -0.25) is 0 Å². The van der Waals surface area contributed by atoms with E-state index in [0.29, 0.717) is 0 Å². The third-order valence-corrected chi connectivity index (χ3v) is 16.9. The van der Waals surface area contributed by atoms with Crippen LogP contribution in [0.2, 0.25) is 0 Å². The Labute approximate surface area is 421 Å². The van der Waals surface area contributed by atoms with Crippen LogP contribution in [0.3, 0.4) is 0 Å². The number of nitrogens with zero attached hydrogens (tertiary/aromatic N) is 1. The van der Waals surface area contributed by atoms with Crippen LogP contribution < -0.4 is 9.64 Å². The minimum absolute atomic E-state index is 0.188. The maximum atomic E-state index is 6.71. The van der Waals surface area contributed by atoms with Gasteiger partial charge in [0.1, 0.15) is 11.5 Å². The molecule has 1 aliphatic carbocycles. The van der Waals surface area contributed by atoms with Crippen LogP contribution >= 0.6 is 11.3 Å². The second-order valence-corrected chi connectivity index (χ2v) is 20.9. The van der Waals surface area contributed by atoms with Crippen LogP contribution in [0.4, 0.5) is 17.1 Å². The molecule has 0 radical (unpaired) electrons. The van der Waals surface area contributed by atoms with Crippen LogP contribution in [-0.4, -0.2) is 0 Å². The third-order valence-electron chi connectivity index (χ3n) is 15.7. The molecule has 0 atom stereocenters. The van der Waals surface area contributed by atoms with Gasteiger partial charge in [0.25, 0.3) is 0 Å². The van der Waals surface area contributed by atoms with Gasteiger partial charge in [0.05, 0.1) is 0 Å². The van der Waals surface area contributed by atoms with Gasteiger partial charge in [-0.2, -0.15) is 0 Å². The van der Waals surface area contributed by atoms with E-state index < -0.39 is 0 Å². The zero-order valence-corrected chi connectivity index (χ0v) is 40.6. The van der Waals surface area contributed by atoms with Crippen LogP contribution in [0, 0.1) is 0 Å². The van der Waals surface area contributed by atoms with Gasteiger partial charge in [0.2, 0.25) is 0 Å². The standard InChI is InChI=1S/C69H45NOS/c1-69(2)62-27-13-9-22-52(62)53-36-33-44(41-63(53)69)70(42-32-35-51-54-23-10-14-28-64(54)71-65-29-15-11-24-55(65)60(51)39-42)43-31-34-50-48-20-6-4-18-46(48)45-17-3-5-19-47(45)49-21-7-8-26-57(49)67-58(61(50)40-43)37-38-59-56-25-12-16-30-66(56)72-68(59)67/h3-41H,1-2H3. The molecular formula is C69H45NOS. The summed E-state index contributed by atoms with van der Waals surface area (Å²) in [7, 11) is 0. The minimum atomic E-state index is -0.188. The molecule has 12 aromatic carbocycles. The fourth-order valence-electron chi connectivity index (χ4n) is 12.3. The maximum Gasteiger partial charge on any atom is 0.135 e. The summed E-state index contributed by atoms with van der Waals surface area (Å²) in [5.74, 6) is 1.71. The molecule has 1 aliphatic heterocycles. The summed E-state index contributed by atoms with van der Waals surface area (Å²) in [5, 5.41) is 14.8. The number of fused-ring (bicyclic) bond motifs is 22. The van der Waals surface area contributed by atoms with Crippen molar-refractivity contribution in [3.63, 3.8) is 0 Å². The molecule has 15 rings (SSSR count). The SMILES string of the molecule is CC1(C)c2ccccc2-c2ccc(N(c3ccc4c(c3)-c3ccccc3Oc3ccccc3-4)c3ccc4c5ccccc5c5ccccc5c5ccccc5c5c(ccc6c7ccccc7sc65)c4c3)cc21. The van der Waals surface area contributed by atoms with E-state index in [1.165, 1.54) is 96.3 Å². The summed E-state index contributed by atoms with van der Waals surface area (Å²) in [6.07, 6.45) is 0. The summed E-state index contributed by atoms with van der Waals surface area (Å²) in [5.41, 5.74) is 12.8. The van der Waals surface area contributed by atoms with E-state index in [9.17, 15) is 0 Å². The molecule has 0 saturated heterocycles. The van der Waals surface area contributed by atoms with Gasteiger partial charge in [-0.25, -0.2) is 0 Å². The molecule has 0 spiro atoms. The van der Waals surface area contributed by atoms with Crippen LogP contribution in [0.1, 0.15) is 25.0 Å². The fraction of sp³-hybridized carbons (Fsp3) is 0.0435. The lowest BCUT2D eigenvalue weighted by atomic mass is 9.82. The van der Waals surface area contributed by atoms with E-state index in [2.05, 4.69) is 255 Å². The zero-order chi connectivity index (χ0) is 47.7. The highest BCUT2D eigenvalue weighted by molar-refractivity contribution is 7.26. The molecule has 0 amide bonds. The van der Waals surface area contributed by atoms with Crippen molar-refractivity contribution in [1.82, 2.24) is 0 Å². The highest BCUT2D eigenvalue weighted by atomic mass is 32.1. The molecular weight excluding hydrogens is 891 g/mol. The molecule has 0 N–H and O–H groups in total. The van der Waals surface area contributed by atoms with Gasteiger partial charge in [0.15, 0.2) is 0 Å². The second kappa shape index (κ2) is 15.6. The Balaban J connectivity index is 1.10.